The summed E-state index contributed by atoms with van der Waals surface area (Å²) < 4.78 is 13.2. The van der Waals surface area contributed by atoms with Crippen LogP contribution < -0.4 is 5.32 Å². The van der Waals surface area contributed by atoms with E-state index in [0.717, 1.165) is 42.2 Å². The lowest BCUT2D eigenvalue weighted by Crippen LogP contribution is -2.41. The van der Waals surface area contributed by atoms with Gasteiger partial charge in [0.2, 0.25) is 0 Å². The number of rotatable bonds is 5. The summed E-state index contributed by atoms with van der Waals surface area (Å²) in [5, 5.41) is 3.08. The molecule has 2 atom stereocenters. The van der Waals surface area contributed by atoms with Crippen LogP contribution >= 0.6 is 0 Å². The van der Waals surface area contributed by atoms with Crippen molar-refractivity contribution in [3.8, 4) is 0 Å². The summed E-state index contributed by atoms with van der Waals surface area (Å²) in [6.07, 6.45) is 3.88. The molecule has 3 heterocycles. The molecule has 124 valence electrons. The topological polar surface area (TPSA) is 56.4 Å². The summed E-state index contributed by atoms with van der Waals surface area (Å²) in [6, 6.07) is 5.78. The molecule has 0 saturated carbocycles. The first kappa shape index (κ1) is 15.9. The van der Waals surface area contributed by atoms with Gasteiger partial charge in [-0.2, -0.15) is 0 Å². The van der Waals surface area contributed by atoms with E-state index >= 15 is 0 Å². The molecule has 2 aromatic heterocycles. The quantitative estimate of drug-likeness (QED) is 0.922. The van der Waals surface area contributed by atoms with Gasteiger partial charge in [-0.3, -0.25) is 4.79 Å². The highest BCUT2D eigenvalue weighted by atomic mass is 16.5. The molecule has 0 aliphatic carbocycles. The van der Waals surface area contributed by atoms with E-state index in [-0.39, 0.29) is 18.1 Å². The molecule has 0 spiro atoms. The molecule has 5 nitrogen and oxygen atoms in total. The summed E-state index contributed by atoms with van der Waals surface area (Å²) in [7, 11) is 0. The van der Waals surface area contributed by atoms with Crippen LogP contribution in [0.2, 0.25) is 0 Å². The molecule has 1 saturated heterocycles. The zero-order chi connectivity index (χ0) is 16.4. The molecule has 5 heteroatoms. The highest BCUT2D eigenvalue weighted by Crippen LogP contribution is 2.19. The van der Waals surface area contributed by atoms with E-state index in [1.165, 1.54) is 0 Å². The number of carbonyl (C=O) groups excluding carboxylic acids is 1. The summed E-state index contributed by atoms with van der Waals surface area (Å²) >= 11 is 0. The first-order valence-corrected chi connectivity index (χ1v) is 8.18. The lowest BCUT2D eigenvalue weighted by atomic mass is 10.1. The molecule has 0 bridgehead atoms. The van der Waals surface area contributed by atoms with Crippen LogP contribution in [0.3, 0.4) is 0 Å². The number of carbonyl (C=O) groups is 1. The fourth-order valence-corrected chi connectivity index (χ4v) is 3.21. The van der Waals surface area contributed by atoms with Crippen molar-refractivity contribution in [2.75, 3.05) is 6.61 Å². The summed E-state index contributed by atoms with van der Waals surface area (Å²) in [6.45, 7) is 7.43. The van der Waals surface area contributed by atoms with Crippen molar-refractivity contribution in [2.45, 2.75) is 52.3 Å². The maximum Gasteiger partial charge on any atom is 0.253 e. The normalized spacial score (nSPS) is 19.0. The Bertz CT molecular complexity index is 667. The van der Waals surface area contributed by atoms with Gasteiger partial charge in [0.1, 0.15) is 5.76 Å². The molecule has 23 heavy (non-hydrogen) atoms. The Balaban J connectivity index is 1.73. The van der Waals surface area contributed by atoms with Gasteiger partial charge < -0.3 is 19.0 Å². The second-order valence-corrected chi connectivity index (χ2v) is 6.26. The zero-order valence-electron chi connectivity index (χ0n) is 14.0. The second kappa shape index (κ2) is 6.62. The van der Waals surface area contributed by atoms with Crippen molar-refractivity contribution in [3.63, 3.8) is 0 Å². The molecule has 2 aromatic rings. The monoisotopic (exact) mass is 316 g/mol. The third kappa shape index (κ3) is 3.34. The van der Waals surface area contributed by atoms with E-state index in [0.29, 0.717) is 6.54 Å². The van der Waals surface area contributed by atoms with Gasteiger partial charge in [0.15, 0.2) is 0 Å². The molecule has 0 aromatic carbocycles. The number of ether oxygens (including phenoxy) is 1. The van der Waals surface area contributed by atoms with Crippen molar-refractivity contribution in [1.29, 1.82) is 0 Å². The second-order valence-electron chi connectivity index (χ2n) is 6.26. The predicted molar refractivity (Wildman–Crippen MR) is 87.6 cm³/mol. The molecule has 0 unspecified atom stereocenters. The Labute approximate surface area is 136 Å². The van der Waals surface area contributed by atoms with E-state index in [4.69, 9.17) is 9.15 Å². The molecule has 1 N–H and O–H groups in total. The number of hydrogen-bond donors (Lipinski definition) is 1. The molecule has 1 aliphatic heterocycles. The third-order valence-electron chi connectivity index (χ3n) is 4.59. The number of furan rings is 1. The van der Waals surface area contributed by atoms with Gasteiger partial charge in [0.25, 0.3) is 5.91 Å². The molecule has 1 aliphatic rings. The summed E-state index contributed by atoms with van der Waals surface area (Å²) in [4.78, 5) is 12.6. The van der Waals surface area contributed by atoms with Crippen LogP contribution in [0.1, 0.15) is 47.3 Å². The van der Waals surface area contributed by atoms with Crippen LogP contribution in [0, 0.1) is 13.8 Å². The van der Waals surface area contributed by atoms with Gasteiger partial charge in [-0.05, 0) is 51.8 Å². The zero-order valence-corrected chi connectivity index (χ0v) is 14.0. The SMILES string of the molecule is Cc1cc(C(=O)N[C@@H](C)[C@@H]2CCCO2)c(C)n1Cc1ccco1. The Hall–Kier alpha value is -2.01. The minimum Gasteiger partial charge on any atom is -0.467 e. The number of nitrogens with one attached hydrogen (secondary N) is 1. The van der Waals surface area contributed by atoms with E-state index in [1.54, 1.807) is 6.26 Å². The Morgan fingerprint density at radius 1 is 1.48 bits per heavy atom. The summed E-state index contributed by atoms with van der Waals surface area (Å²) in [5.74, 6) is 0.846. The first-order chi connectivity index (χ1) is 11.1. The van der Waals surface area contributed by atoms with Gasteiger partial charge in [-0.25, -0.2) is 0 Å². The first-order valence-electron chi connectivity index (χ1n) is 8.18. The van der Waals surface area contributed by atoms with Gasteiger partial charge in [0.05, 0.1) is 30.5 Å². The van der Waals surface area contributed by atoms with Crippen LogP contribution in [0.15, 0.2) is 28.9 Å². The lowest BCUT2D eigenvalue weighted by molar-refractivity contribution is 0.0712. The lowest BCUT2D eigenvalue weighted by Gasteiger charge is -2.20. The van der Waals surface area contributed by atoms with Gasteiger partial charge >= 0.3 is 0 Å². The average molecular weight is 316 g/mol. The van der Waals surface area contributed by atoms with Gasteiger partial charge in [-0.1, -0.05) is 0 Å². The van der Waals surface area contributed by atoms with Crippen LogP contribution in [0.4, 0.5) is 0 Å². The Morgan fingerprint density at radius 3 is 2.96 bits per heavy atom. The number of amides is 1. The minimum absolute atomic E-state index is 0.0260. The maximum atomic E-state index is 12.6. The van der Waals surface area contributed by atoms with Crippen LogP contribution in [0.5, 0.6) is 0 Å². The van der Waals surface area contributed by atoms with Gasteiger partial charge in [0, 0.05) is 18.0 Å². The van der Waals surface area contributed by atoms with E-state index < -0.39 is 0 Å². The van der Waals surface area contributed by atoms with Crippen molar-refractivity contribution < 1.29 is 13.9 Å². The van der Waals surface area contributed by atoms with Crippen molar-refractivity contribution in [2.24, 2.45) is 0 Å². The maximum absolute atomic E-state index is 12.6. The highest BCUT2D eigenvalue weighted by Gasteiger charge is 2.25. The standard InChI is InChI=1S/C18H24N2O3/c1-12-10-16(14(3)20(12)11-15-6-4-8-22-15)18(21)19-13(2)17-7-5-9-23-17/h4,6,8,10,13,17H,5,7,9,11H2,1-3H3,(H,19,21)/t13-,17-/m0/s1. The average Bonchev–Trinajstić information content (AvgIpc) is 3.25. The van der Waals surface area contributed by atoms with Crippen LogP contribution in [0.25, 0.3) is 0 Å². The highest BCUT2D eigenvalue weighted by molar-refractivity contribution is 5.95. The van der Waals surface area contributed by atoms with Crippen molar-refractivity contribution in [1.82, 2.24) is 9.88 Å². The summed E-state index contributed by atoms with van der Waals surface area (Å²) in [5.41, 5.74) is 2.73. The predicted octanol–water partition coefficient (Wildman–Crippen LogP) is 3.04. The van der Waals surface area contributed by atoms with Crippen LogP contribution in [-0.4, -0.2) is 29.2 Å². The van der Waals surface area contributed by atoms with Crippen molar-refractivity contribution >= 4 is 5.91 Å². The third-order valence-corrected chi connectivity index (χ3v) is 4.59. The molecule has 1 amide bonds. The minimum atomic E-state index is -0.0354. The smallest absolute Gasteiger partial charge is 0.253 e. The van der Waals surface area contributed by atoms with Crippen molar-refractivity contribution in [3.05, 3.63) is 47.2 Å². The Kier molecular flexibility index (Phi) is 4.57. The van der Waals surface area contributed by atoms with E-state index in [2.05, 4.69) is 9.88 Å². The fraction of sp³-hybridized carbons (Fsp3) is 0.500. The van der Waals surface area contributed by atoms with E-state index in [1.807, 2.05) is 39.0 Å². The molecule has 1 fully saturated rings. The van der Waals surface area contributed by atoms with E-state index in [9.17, 15) is 4.79 Å². The molecular formula is C18H24N2O3. The number of nitrogens with zero attached hydrogens (tertiary/aromatic N) is 1. The fourth-order valence-electron chi connectivity index (χ4n) is 3.21. The van der Waals surface area contributed by atoms with Crippen LogP contribution in [-0.2, 0) is 11.3 Å². The number of hydrogen-bond acceptors (Lipinski definition) is 3. The molecule has 0 radical (unpaired) electrons. The largest absolute Gasteiger partial charge is 0.467 e. The number of aromatic nitrogens is 1. The number of aryl methyl sites for hydroxylation is 1. The molecule has 3 rings (SSSR count). The van der Waals surface area contributed by atoms with Gasteiger partial charge in [-0.15, -0.1) is 0 Å². The molecular weight excluding hydrogens is 292 g/mol. The Morgan fingerprint density at radius 2 is 2.30 bits per heavy atom.